The second kappa shape index (κ2) is 5.95. The lowest BCUT2D eigenvalue weighted by Crippen LogP contribution is -2.25. The predicted molar refractivity (Wildman–Crippen MR) is 66.2 cm³/mol. The van der Waals surface area contributed by atoms with Crippen LogP contribution >= 0.6 is 0 Å². The third-order valence-electron chi connectivity index (χ3n) is 2.73. The maximum absolute atomic E-state index is 10.8. The number of hydrogen-bond acceptors (Lipinski definition) is 4. The summed E-state index contributed by atoms with van der Waals surface area (Å²) in [4.78, 5) is 10.8. The highest BCUT2D eigenvalue weighted by Gasteiger charge is 2.22. The summed E-state index contributed by atoms with van der Waals surface area (Å²) < 4.78 is 1.72. The largest absolute Gasteiger partial charge is 0.481 e. The number of carboxylic acids is 1. The van der Waals surface area contributed by atoms with Crippen molar-refractivity contribution in [3.8, 4) is 0 Å². The van der Waals surface area contributed by atoms with Crippen molar-refractivity contribution in [2.24, 2.45) is 5.41 Å². The van der Waals surface area contributed by atoms with Crippen molar-refractivity contribution in [1.29, 1.82) is 0 Å². The van der Waals surface area contributed by atoms with Crippen LogP contribution in [0.4, 0.5) is 0 Å². The van der Waals surface area contributed by atoms with Gasteiger partial charge >= 0.3 is 5.97 Å². The number of aromatic nitrogens is 3. The number of carboxylic acid groups (broad SMARTS) is 1. The normalized spacial score (nSPS) is 11.8. The van der Waals surface area contributed by atoms with Gasteiger partial charge in [-0.15, -0.1) is 5.10 Å². The molecule has 0 atom stereocenters. The minimum atomic E-state index is -0.902. The summed E-state index contributed by atoms with van der Waals surface area (Å²) in [5, 5.41) is 26.1. The number of nitrogens with zero attached hydrogens (tertiary/aromatic N) is 3. The second-order valence-electron chi connectivity index (χ2n) is 5.28. The molecule has 0 aliphatic heterocycles. The van der Waals surface area contributed by atoms with Gasteiger partial charge in [-0.1, -0.05) is 32.4 Å². The van der Waals surface area contributed by atoms with E-state index < -0.39 is 5.97 Å². The lowest BCUT2D eigenvalue weighted by molar-refractivity contribution is -0.136. The predicted octanol–water partition coefficient (Wildman–Crippen LogP) is 0.876. The molecular formula is C12H21N3O3. The molecule has 2 N–H and O–H groups in total. The molecule has 6 heteroatoms. The van der Waals surface area contributed by atoms with Gasteiger partial charge in [-0.05, 0) is 6.42 Å². The van der Waals surface area contributed by atoms with Crippen LogP contribution in [0.1, 0.15) is 38.6 Å². The Balaban J connectivity index is 2.97. The molecule has 0 fully saturated rings. The highest BCUT2D eigenvalue weighted by atomic mass is 16.4. The Bertz CT molecular complexity index is 413. The van der Waals surface area contributed by atoms with Crippen LogP contribution in [-0.4, -0.2) is 37.8 Å². The van der Waals surface area contributed by atoms with E-state index in [9.17, 15) is 9.90 Å². The summed E-state index contributed by atoms with van der Waals surface area (Å²) in [6.07, 6.45) is 1.55. The van der Waals surface area contributed by atoms with Crippen LogP contribution in [0.3, 0.4) is 0 Å². The van der Waals surface area contributed by atoms with E-state index in [0.717, 1.165) is 18.5 Å². The molecule has 6 nitrogen and oxygen atoms in total. The summed E-state index contributed by atoms with van der Waals surface area (Å²) >= 11 is 0. The zero-order chi connectivity index (χ0) is 13.8. The second-order valence-corrected chi connectivity index (χ2v) is 5.28. The van der Waals surface area contributed by atoms with Gasteiger partial charge in [0, 0.05) is 12.0 Å². The minimum Gasteiger partial charge on any atom is -0.481 e. The SMILES string of the molecule is CCCc1c(CC(=O)O)nnn1CC(C)(C)CO. The molecule has 1 aromatic heterocycles. The van der Waals surface area contributed by atoms with Crippen LogP contribution in [0.25, 0.3) is 0 Å². The summed E-state index contributed by atoms with van der Waals surface area (Å²) in [5.74, 6) is -0.902. The quantitative estimate of drug-likeness (QED) is 0.755. The molecule has 0 radical (unpaired) electrons. The molecule has 0 spiro atoms. The fourth-order valence-corrected chi connectivity index (χ4v) is 1.74. The van der Waals surface area contributed by atoms with Crippen molar-refractivity contribution in [2.75, 3.05) is 6.61 Å². The Morgan fingerprint density at radius 3 is 2.61 bits per heavy atom. The van der Waals surface area contributed by atoms with E-state index in [1.807, 2.05) is 20.8 Å². The first kappa shape index (κ1) is 14.6. The molecular weight excluding hydrogens is 234 g/mol. The highest BCUT2D eigenvalue weighted by Crippen LogP contribution is 2.19. The lowest BCUT2D eigenvalue weighted by atomic mass is 9.95. The van der Waals surface area contributed by atoms with E-state index in [4.69, 9.17) is 5.11 Å². The number of hydrogen-bond donors (Lipinski definition) is 2. The van der Waals surface area contributed by atoms with E-state index in [-0.39, 0.29) is 18.4 Å². The summed E-state index contributed by atoms with van der Waals surface area (Å²) in [7, 11) is 0. The third-order valence-corrected chi connectivity index (χ3v) is 2.73. The zero-order valence-corrected chi connectivity index (χ0v) is 11.2. The molecule has 0 amide bonds. The van der Waals surface area contributed by atoms with E-state index in [1.54, 1.807) is 4.68 Å². The van der Waals surface area contributed by atoms with Gasteiger partial charge in [-0.25, -0.2) is 4.68 Å². The zero-order valence-electron chi connectivity index (χ0n) is 11.2. The van der Waals surface area contributed by atoms with Crippen molar-refractivity contribution in [3.05, 3.63) is 11.4 Å². The molecule has 1 rings (SSSR count). The lowest BCUT2D eigenvalue weighted by Gasteiger charge is -2.22. The molecule has 1 heterocycles. The third kappa shape index (κ3) is 3.80. The number of aliphatic hydroxyl groups is 1. The molecule has 102 valence electrons. The minimum absolute atomic E-state index is 0.0483. The Morgan fingerprint density at radius 1 is 1.44 bits per heavy atom. The number of carbonyl (C=O) groups is 1. The van der Waals surface area contributed by atoms with Crippen LogP contribution in [0.5, 0.6) is 0 Å². The average Bonchev–Trinajstić information content (AvgIpc) is 2.62. The molecule has 0 saturated heterocycles. The van der Waals surface area contributed by atoms with Gasteiger partial charge in [0.05, 0.1) is 24.4 Å². The summed E-state index contributed by atoms with van der Waals surface area (Å²) in [6.45, 7) is 6.47. The van der Waals surface area contributed by atoms with E-state index in [1.165, 1.54) is 0 Å². The number of rotatable bonds is 7. The number of aliphatic hydroxyl groups excluding tert-OH is 1. The fraction of sp³-hybridized carbons (Fsp3) is 0.750. The smallest absolute Gasteiger partial charge is 0.309 e. The first-order chi connectivity index (χ1) is 8.39. The van der Waals surface area contributed by atoms with Crippen molar-refractivity contribution in [2.45, 2.75) is 46.6 Å². The molecule has 0 unspecified atom stereocenters. The van der Waals surface area contributed by atoms with Crippen LogP contribution in [0.15, 0.2) is 0 Å². The molecule has 0 aliphatic rings. The van der Waals surface area contributed by atoms with Crippen molar-refractivity contribution in [1.82, 2.24) is 15.0 Å². The standard InChI is InChI=1S/C12H21N3O3/c1-4-5-10-9(6-11(17)18)13-14-15(10)7-12(2,3)8-16/h16H,4-8H2,1-3H3,(H,17,18). The van der Waals surface area contributed by atoms with Crippen LogP contribution in [0.2, 0.25) is 0 Å². The van der Waals surface area contributed by atoms with Gasteiger partial charge in [0.1, 0.15) is 0 Å². The van der Waals surface area contributed by atoms with Crippen LogP contribution in [-0.2, 0) is 24.2 Å². The Morgan fingerprint density at radius 2 is 2.11 bits per heavy atom. The molecule has 1 aromatic rings. The van der Waals surface area contributed by atoms with Gasteiger partial charge in [0.2, 0.25) is 0 Å². The van der Waals surface area contributed by atoms with Crippen LogP contribution in [0, 0.1) is 5.41 Å². The van der Waals surface area contributed by atoms with E-state index >= 15 is 0 Å². The molecule has 0 saturated carbocycles. The Hall–Kier alpha value is -1.43. The van der Waals surface area contributed by atoms with E-state index in [0.29, 0.717) is 12.2 Å². The first-order valence-corrected chi connectivity index (χ1v) is 6.13. The summed E-state index contributed by atoms with van der Waals surface area (Å²) in [6, 6.07) is 0. The topological polar surface area (TPSA) is 88.2 Å². The Kier molecular flexibility index (Phi) is 4.84. The summed E-state index contributed by atoms with van der Waals surface area (Å²) in [5.41, 5.74) is 1.09. The first-order valence-electron chi connectivity index (χ1n) is 6.13. The number of aliphatic carboxylic acids is 1. The van der Waals surface area contributed by atoms with Crippen molar-refractivity contribution >= 4 is 5.97 Å². The monoisotopic (exact) mass is 255 g/mol. The van der Waals surface area contributed by atoms with Crippen LogP contribution < -0.4 is 0 Å². The molecule has 0 aromatic carbocycles. The molecule has 0 aliphatic carbocycles. The highest BCUT2D eigenvalue weighted by molar-refractivity contribution is 5.69. The van der Waals surface area contributed by atoms with Gasteiger partial charge in [0.25, 0.3) is 0 Å². The Labute approximate surface area is 107 Å². The maximum Gasteiger partial charge on any atom is 0.309 e. The van der Waals surface area contributed by atoms with Crippen molar-refractivity contribution in [3.63, 3.8) is 0 Å². The van der Waals surface area contributed by atoms with Gasteiger partial charge in [-0.3, -0.25) is 4.79 Å². The van der Waals surface area contributed by atoms with Gasteiger partial charge < -0.3 is 10.2 Å². The van der Waals surface area contributed by atoms with Gasteiger partial charge in [-0.2, -0.15) is 0 Å². The van der Waals surface area contributed by atoms with E-state index in [2.05, 4.69) is 10.3 Å². The molecule has 0 bridgehead atoms. The average molecular weight is 255 g/mol. The molecule has 18 heavy (non-hydrogen) atoms. The maximum atomic E-state index is 10.8. The van der Waals surface area contributed by atoms with Crippen molar-refractivity contribution < 1.29 is 15.0 Å². The fourth-order valence-electron chi connectivity index (χ4n) is 1.74. The van der Waals surface area contributed by atoms with Gasteiger partial charge in [0.15, 0.2) is 0 Å².